The highest BCUT2D eigenvalue weighted by Gasteiger charge is 2.35. The molecule has 0 radical (unpaired) electrons. The maximum Gasteiger partial charge on any atom is 0.0619 e. The van der Waals surface area contributed by atoms with Gasteiger partial charge in [-0.3, -0.25) is 0 Å². The largest absolute Gasteiger partial charge is 0.356 e. The lowest BCUT2D eigenvalue weighted by Crippen LogP contribution is -2.15. The summed E-state index contributed by atoms with van der Waals surface area (Å²) in [5, 5.41) is 14.8. The standard InChI is InChI=1S/C61H44N4/c1-61(2)55-21-10-8-19-49(55)50-32-30-47(38-56(50)61)64-57-22-11-9-20-51(57)53-36-45(26-33-58(53)64)63-43-17-12-14-41(35-43)39-23-28-46(29-24-39)65-59-34-27-44(62-42-15-4-3-5-16-42)37-54(59)52-31-25-40-13-6-7-18-48(40)60(52)65/h3-38,62-63H,1-2H3. The molecule has 4 nitrogen and oxygen atoms in total. The molecule has 1 aliphatic carbocycles. The topological polar surface area (TPSA) is 33.9 Å². The Morgan fingerprint density at radius 3 is 1.78 bits per heavy atom. The molecule has 4 heteroatoms. The Hall–Kier alpha value is -8.34. The van der Waals surface area contributed by atoms with Crippen molar-refractivity contribution in [3.8, 4) is 33.6 Å². The van der Waals surface area contributed by atoms with Gasteiger partial charge >= 0.3 is 0 Å². The first-order valence-electron chi connectivity index (χ1n) is 22.5. The summed E-state index contributed by atoms with van der Waals surface area (Å²) in [6.45, 7) is 4.70. The number of rotatable bonds is 7. The average Bonchev–Trinajstić information content (AvgIpc) is 3.94. The number of nitrogens with zero attached hydrogens (tertiary/aromatic N) is 2. The molecule has 0 amide bonds. The second-order valence-electron chi connectivity index (χ2n) is 18.0. The normalized spacial score (nSPS) is 12.9. The van der Waals surface area contributed by atoms with Crippen molar-refractivity contribution in [1.82, 2.24) is 9.13 Å². The van der Waals surface area contributed by atoms with E-state index in [2.05, 4.69) is 246 Å². The number of nitrogens with one attached hydrogen (secondary N) is 2. The van der Waals surface area contributed by atoms with Crippen LogP contribution in [0.5, 0.6) is 0 Å². The smallest absolute Gasteiger partial charge is 0.0619 e. The molecule has 0 spiro atoms. The Kier molecular flexibility index (Phi) is 8.22. The Bertz CT molecular complexity index is 3850. The molecular formula is C61H44N4. The summed E-state index contributed by atoms with van der Waals surface area (Å²) in [6.07, 6.45) is 0. The molecule has 65 heavy (non-hydrogen) atoms. The minimum Gasteiger partial charge on any atom is -0.356 e. The maximum absolute atomic E-state index is 3.77. The maximum atomic E-state index is 3.77. The second kappa shape index (κ2) is 14.3. The molecule has 0 saturated carbocycles. The zero-order valence-electron chi connectivity index (χ0n) is 36.2. The first-order chi connectivity index (χ1) is 32.0. The van der Waals surface area contributed by atoms with Crippen LogP contribution >= 0.6 is 0 Å². The summed E-state index contributed by atoms with van der Waals surface area (Å²) in [6, 6.07) is 79.5. The molecule has 1 aliphatic rings. The van der Waals surface area contributed by atoms with Crippen LogP contribution in [0, 0.1) is 0 Å². The van der Waals surface area contributed by atoms with E-state index in [1.165, 1.54) is 82.3 Å². The predicted molar refractivity (Wildman–Crippen MR) is 275 cm³/mol. The average molecular weight is 833 g/mol. The summed E-state index contributed by atoms with van der Waals surface area (Å²) in [5.41, 5.74) is 19.1. The number of hydrogen-bond acceptors (Lipinski definition) is 2. The highest BCUT2D eigenvalue weighted by molar-refractivity contribution is 6.19. The van der Waals surface area contributed by atoms with E-state index < -0.39 is 0 Å². The van der Waals surface area contributed by atoms with Crippen molar-refractivity contribution in [3.63, 3.8) is 0 Å². The number of benzene rings is 10. The van der Waals surface area contributed by atoms with E-state index >= 15 is 0 Å². The van der Waals surface area contributed by atoms with Crippen LogP contribution in [0.1, 0.15) is 25.0 Å². The van der Waals surface area contributed by atoms with E-state index in [9.17, 15) is 0 Å². The summed E-state index contributed by atoms with van der Waals surface area (Å²) in [5.74, 6) is 0. The molecular weight excluding hydrogens is 789 g/mol. The van der Waals surface area contributed by atoms with Gasteiger partial charge in [-0.05, 0) is 130 Å². The third-order valence-corrected chi connectivity index (χ3v) is 13.8. The Morgan fingerprint density at radius 2 is 0.954 bits per heavy atom. The number of hydrogen-bond donors (Lipinski definition) is 2. The summed E-state index contributed by atoms with van der Waals surface area (Å²) in [4.78, 5) is 0. The van der Waals surface area contributed by atoms with Gasteiger partial charge in [0.15, 0.2) is 0 Å². The van der Waals surface area contributed by atoms with Gasteiger partial charge < -0.3 is 19.8 Å². The first-order valence-corrected chi connectivity index (χ1v) is 22.5. The summed E-state index contributed by atoms with van der Waals surface area (Å²) in [7, 11) is 0. The SMILES string of the molecule is CC1(C)c2ccccc2-c2ccc(-n3c4ccccc4c4cc(Nc5cccc(-c6ccc(-n7c8ccc(Nc9ccccc9)cc8c8ccc9ccccc9c87)cc6)c5)ccc43)cc21. The van der Waals surface area contributed by atoms with Crippen molar-refractivity contribution in [2.24, 2.45) is 0 Å². The quantitative estimate of drug-likeness (QED) is 0.168. The van der Waals surface area contributed by atoms with Gasteiger partial charge in [0.25, 0.3) is 0 Å². The Labute approximate surface area is 377 Å². The van der Waals surface area contributed by atoms with E-state index in [0.29, 0.717) is 0 Å². The molecule has 2 heterocycles. The third-order valence-electron chi connectivity index (χ3n) is 13.8. The number of fused-ring (bicyclic) bond motifs is 11. The van der Waals surface area contributed by atoms with Gasteiger partial charge in [-0.1, -0.05) is 141 Å². The van der Waals surface area contributed by atoms with Crippen molar-refractivity contribution in [3.05, 3.63) is 230 Å². The molecule has 0 atom stereocenters. The molecule has 0 unspecified atom stereocenters. The van der Waals surface area contributed by atoms with Crippen LogP contribution in [-0.4, -0.2) is 9.13 Å². The summed E-state index contributed by atoms with van der Waals surface area (Å²) < 4.78 is 4.86. The highest BCUT2D eigenvalue weighted by Crippen LogP contribution is 2.49. The minimum atomic E-state index is -0.0675. The number of aromatic nitrogens is 2. The fraction of sp³-hybridized carbons (Fsp3) is 0.0492. The van der Waals surface area contributed by atoms with Crippen LogP contribution in [0.4, 0.5) is 22.7 Å². The van der Waals surface area contributed by atoms with Crippen molar-refractivity contribution >= 4 is 77.1 Å². The molecule has 0 bridgehead atoms. The van der Waals surface area contributed by atoms with Gasteiger partial charge in [-0.2, -0.15) is 0 Å². The van der Waals surface area contributed by atoms with E-state index in [1.807, 2.05) is 6.07 Å². The van der Waals surface area contributed by atoms with E-state index in [1.54, 1.807) is 0 Å². The number of anilines is 4. The van der Waals surface area contributed by atoms with Gasteiger partial charge in [-0.15, -0.1) is 0 Å². The van der Waals surface area contributed by atoms with Crippen molar-refractivity contribution in [2.45, 2.75) is 19.3 Å². The molecule has 2 N–H and O–H groups in total. The fourth-order valence-corrected chi connectivity index (χ4v) is 10.7. The van der Waals surface area contributed by atoms with Crippen LogP contribution in [0.25, 0.3) is 88.0 Å². The molecule has 2 aromatic heterocycles. The van der Waals surface area contributed by atoms with Gasteiger partial charge in [0.05, 0.1) is 22.1 Å². The van der Waals surface area contributed by atoms with E-state index in [-0.39, 0.29) is 5.41 Å². The van der Waals surface area contributed by atoms with Crippen molar-refractivity contribution in [2.75, 3.05) is 10.6 Å². The lowest BCUT2D eigenvalue weighted by atomic mass is 9.82. The van der Waals surface area contributed by atoms with Crippen molar-refractivity contribution < 1.29 is 0 Å². The second-order valence-corrected chi connectivity index (χ2v) is 18.0. The lowest BCUT2D eigenvalue weighted by molar-refractivity contribution is 0.660. The zero-order chi connectivity index (χ0) is 43.2. The monoisotopic (exact) mass is 832 g/mol. The molecule has 0 saturated heterocycles. The van der Waals surface area contributed by atoms with Gasteiger partial charge in [0.1, 0.15) is 0 Å². The van der Waals surface area contributed by atoms with Crippen LogP contribution in [0.3, 0.4) is 0 Å². The van der Waals surface area contributed by atoms with Crippen LogP contribution in [0.2, 0.25) is 0 Å². The predicted octanol–water partition coefficient (Wildman–Crippen LogP) is 16.5. The number of para-hydroxylation sites is 2. The van der Waals surface area contributed by atoms with E-state index in [4.69, 9.17) is 0 Å². The highest BCUT2D eigenvalue weighted by atomic mass is 15.0. The molecule has 12 aromatic rings. The van der Waals surface area contributed by atoms with E-state index in [0.717, 1.165) is 39.6 Å². The van der Waals surface area contributed by atoms with Crippen LogP contribution in [0.15, 0.2) is 218 Å². The van der Waals surface area contributed by atoms with Crippen LogP contribution < -0.4 is 10.6 Å². The fourth-order valence-electron chi connectivity index (χ4n) is 10.7. The van der Waals surface area contributed by atoms with Crippen LogP contribution in [-0.2, 0) is 5.41 Å². The van der Waals surface area contributed by atoms with Gasteiger partial charge in [0, 0.05) is 66.5 Å². The Balaban J connectivity index is 0.834. The first kappa shape index (κ1) is 37.2. The van der Waals surface area contributed by atoms with Gasteiger partial charge in [-0.25, -0.2) is 0 Å². The third kappa shape index (κ3) is 5.91. The molecule has 10 aromatic carbocycles. The molecule has 13 rings (SSSR count). The summed E-state index contributed by atoms with van der Waals surface area (Å²) >= 11 is 0. The lowest BCUT2D eigenvalue weighted by Gasteiger charge is -2.22. The minimum absolute atomic E-state index is 0.0675. The van der Waals surface area contributed by atoms with Gasteiger partial charge in [0.2, 0.25) is 0 Å². The molecule has 0 aliphatic heterocycles. The molecule has 0 fully saturated rings. The van der Waals surface area contributed by atoms with Crippen molar-refractivity contribution in [1.29, 1.82) is 0 Å². The molecule has 308 valence electrons. The Morgan fingerprint density at radius 1 is 0.338 bits per heavy atom. The zero-order valence-corrected chi connectivity index (χ0v) is 36.2.